The molecule has 1 saturated heterocycles. The third-order valence-corrected chi connectivity index (χ3v) is 1.68. The minimum absolute atomic E-state index is 0.460. The van der Waals surface area contributed by atoms with E-state index in [-0.39, 0.29) is 0 Å². The molecule has 0 radical (unpaired) electrons. The molecule has 1 rings (SSSR count). The lowest BCUT2D eigenvalue weighted by molar-refractivity contribution is 0.457. The van der Waals surface area contributed by atoms with Gasteiger partial charge in [-0.3, -0.25) is 10.4 Å². The van der Waals surface area contributed by atoms with Gasteiger partial charge < -0.3 is 4.90 Å². The average Bonchev–Trinajstić information content (AvgIpc) is 2.20. The summed E-state index contributed by atoms with van der Waals surface area (Å²) in [6, 6.07) is 0. The first-order chi connectivity index (χ1) is 4.75. The fraction of sp³-hybridized carbons (Fsp3) is 0.833. The normalized spacial score (nSPS) is 18.8. The monoisotopic (exact) mass is 142 g/mol. The topological polar surface area (TPSA) is 56.4 Å². The summed E-state index contributed by atoms with van der Waals surface area (Å²) >= 11 is 0. The zero-order valence-corrected chi connectivity index (χ0v) is 6.30. The van der Waals surface area contributed by atoms with E-state index in [4.69, 9.17) is 11.3 Å². The molecule has 0 amide bonds. The predicted octanol–water partition coefficient (Wildman–Crippen LogP) is -0.178. The Morgan fingerprint density at radius 2 is 2.30 bits per heavy atom. The van der Waals surface area contributed by atoms with Gasteiger partial charge in [0.25, 0.3) is 0 Å². The van der Waals surface area contributed by atoms with Crippen molar-refractivity contribution in [3.63, 3.8) is 0 Å². The second-order valence-electron chi connectivity index (χ2n) is 2.50. The van der Waals surface area contributed by atoms with Crippen LogP contribution < -0.4 is 5.84 Å². The maximum Gasteiger partial charge on any atom is 0.208 e. The van der Waals surface area contributed by atoms with Crippen molar-refractivity contribution in [3.05, 3.63) is 0 Å². The van der Waals surface area contributed by atoms with Crippen molar-refractivity contribution in [2.24, 2.45) is 5.84 Å². The number of hydrazine groups is 1. The minimum atomic E-state index is 0.460. The van der Waals surface area contributed by atoms with Gasteiger partial charge in [-0.15, -0.1) is 0 Å². The molecule has 0 aliphatic carbocycles. The van der Waals surface area contributed by atoms with E-state index in [1.807, 2.05) is 4.90 Å². The summed E-state index contributed by atoms with van der Waals surface area (Å²) in [7, 11) is 0. The number of nitrogens with zero attached hydrogens (tertiary/aromatic N) is 2. The second kappa shape index (κ2) is 2.88. The number of hydrogen-bond acceptors (Lipinski definition) is 2. The molecule has 0 aromatic carbocycles. The number of nitrogens with one attached hydrogen (secondary N) is 1. The first-order valence-corrected chi connectivity index (χ1v) is 3.61. The Morgan fingerprint density at radius 3 is 2.70 bits per heavy atom. The Morgan fingerprint density at radius 1 is 1.60 bits per heavy atom. The standard InChI is InChI=1S/C6H14N4/c1-2-3-9-4-5-10(8)6(9)7/h7H,2-5,8H2,1H3. The SMILES string of the molecule is CCCN1CCN(N)C1=N. The lowest BCUT2D eigenvalue weighted by Crippen LogP contribution is -2.37. The highest BCUT2D eigenvalue weighted by atomic mass is 15.5. The second-order valence-corrected chi connectivity index (χ2v) is 2.50. The molecule has 0 atom stereocenters. The van der Waals surface area contributed by atoms with Crippen LogP contribution in [0.1, 0.15) is 13.3 Å². The molecule has 58 valence electrons. The van der Waals surface area contributed by atoms with Crippen molar-refractivity contribution >= 4 is 5.96 Å². The van der Waals surface area contributed by atoms with Crippen molar-refractivity contribution in [2.45, 2.75) is 13.3 Å². The fourth-order valence-corrected chi connectivity index (χ4v) is 1.11. The molecule has 10 heavy (non-hydrogen) atoms. The molecule has 1 heterocycles. The summed E-state index contributed by atoms with van der Waals surface area (Å²) in [6.45, 7) is 4.75. The Hall–Kier alpha value is -0.770. The minimum Gasteiger partial charge on any atom is -0.340 e. The van der Waals surface area contributed by atoms with E-state index in [1.165, 1.54) is 5.01 Å². The lowest BCUT2D eigenvalue weighted by Gasteiger charge is -2.16. The molecule has 0 saturated carbocycles. The first-order valence-electron chi connectivity index (χ1n) is 3.61. The van der Waals surface area contributed by atoms with E-state index < -0.39 is 0 Å². The predicted molar refractivity (Wildman–Crippen MR) is 40.5 cm³/mol. The van der Waals surface area contributed by atoms with Crippen LogP contribution in [0.15, 0.2) is 0 Å². The van der Waals surface area contributed by atoms with Crippen molar-refractivity contribution in [1.82, 2.24) is 9.91 Å². The lowest BCUT2D eigenvalue weighted by atomic mass is 10.4. The van der Waals surface area contributed by atoms with Gasteiger partial charge in [-0.2, -0.15) is 0 Å². The van der Waals surface area contributed by atoms with Gasteiger partial charge in [-0.1, -0.05) is 6.92 Å². The van der Waals surface area contributed by atoms with E-state index in [0.717, 1.165) is 26.1 Å². The molecular weight excluding hydrogens is 128 g/mol. The van der Waals surface area contributed by atoms with Gasteiger partial charge in [0.15, 0.2) is 0 Å². The van der Waals surface area contributed by atoms with Gasteiger partial charge in [-0.05, 0) is 6.42 Å². The quantitative estimate of drug-likeness (QED) is 0.526. The Labute approximate surface area is 61.1 Å². The van der Waals surface area contributed by atoms with Crippen LogP contribution in [0.3, 0.4) is 0 Å². The number of hydrogen-bond donors (Lipinski definition) is 2. The number of rotatable bonds is 2. The molecule has 3 N–H and O–H groups in total. The van der Waals surface area contributed by atoms with E-state index in [2.05, 4.69) is 6.92 Å². The van der Waals surface area contributed by atoms with Crippen molar-refractivity contribution < 1.29 is 0 Å². The summed E-state index contributed by atoms with van der Waals surface area (Å²) in [5.74, 6) is 5.93. The molecular formula is C6H14N4. The Bertz CT molecular complexity index is 132. The van der Waals surface area contributed by atoms with Crippen LogP contribution in [0.25, 0.3) is 0 Å². The van der Waals surface area contributed by atoms with Crippen LogP contribution in [-0.4, -0.2) is 35.5 Å². The smallest absolute Gasteiger partial charge is 0.208 e. The van der Waals surface area contributed by atoms with Crippen LogP contribution in [0.5, 0.6) is 0 Å². The Kier molecular flexibility index (Phi) is 2.11. The Balaban J connectivity index is 2.41. The molecule has 0 spiro atoms. The van der Waals surface area contributed by atoms with Crippen LogP contribution >= 0.6 is 0 Å². The highest BCUT2D eigenvalue weighted by Crippen LogP contribution is 2.02. The summed E-state index contributed by atoms with van der Waals surface area (Å²) in [5.41, 5.74) is 0. The molecule has 0 unspecified atom stereocenters. The maximum atomic E-state index is 7.44. The van der Waals surface area contributed by atoms with E-state index in [9.17, 15) is 0 Å². The van der Waals surface area contributed by atoms with Crippen LogP contribution in [0, 0.1) is 5.41 Å². The molecule has 0 aromatic rings. The van der Waals surface area contributed by atoms with Gasteiger partial charge in [0.05, 0.1) is 6.54 Å². The third-order valence-electron chi connectivity index (χ3n) is 1.68. The van der Waals surface area contributed by atoms with Gasteiger partial charge in [-0.25, -0.2) is 5.84 Å². The summed E-state index contributed by atoms with van der Waals surface area (Å²) in [4.78, 5) is 1.99. The fourth-order valence-electron chi connectivity index (χ4n) is 1.11. The molecule has 0 aromatic heterocycles. The molecule has 1 aliphatic heterocycles. The summed E-state index contributed by atoms with van der Waals surface area (Å²) in [6.07, 6.45) is 1.08. The van der Waals surface area contributed by atoms with E-state index >= 15 is 0 Å². The van der Waals surface area contributed by atoms with E-state index in [1.54, 1.807) is 0 Å². The highest BCUT2D eigenvalue weighted by molar-refractivity contribution is 5.78. The zero-order valence-electron chi connectivity index (χ0n) is 6.30. The maximum absolute atomic E-state index is 7.44. The summed E-state index contributed by atoms with van der Waals surface area (Å²) < 4.78 is 0. The van der Waals surface area contributed by atoms with Gasteiger partial charge in [0.1, 0.15) is 0 Å². The average molecular weight is 142 g/mol. The van der Waals surface area contributed by atoms with Crippen molar-refractivity contribution in [3.8, 4) is 0 Å². The molecule has 0 bridgehead atoms. The number of nitrogens with two attached hydrogens (primary N) is 1. The van der Waals surface area contributed by atoms with Crippen LogP contribution in [-0.2, 0) is 0 Å². The number of guanidine groups is 1. The molecule has 4 heteroatoms. The largest absolute Gasteiger partial charge is 0.340 e. The van der Waals surface area contributed by atoms with Gasteiger partial charge in [0, 0.05) is 13.1 Å². The van der Waals surface area contributed by atoms with Crippen LogP contribution in [0.2, 0.25) is 0 Å². The van der Waals surface area contributed by atoms with Gasteiger partial charge in [0.2, 0.25) is 5.96 Å². The van der Waals surface area contributed by atoms with Crippen molar-refractivity contribution in [1.29, 1.82) is 5.41 Å². The molecule has 1 aliphatic rings. The highest BCUT2D eigenvalue weighted by Gasteiger charge is 2.20. The summed E-state index contributed by atoms with van der Waals surface area (Å²) in [5, 5.41) is 8.92. The first kappa shape index (κ1) is 7.34. The zero-order chi connectivity index (χ0) is 7.56. The third kappa shape index (κ3) is 1.21. The van der Waals surface area contributed by atoms with Crippen LogP contribution in [0.4, 0.5) is 0 Å². The molecule has 4 nitrogen and oxygen atoms in total. The van der Waals surface area contributed by atoms with Gasteiger partial charge >= 0.3 is 0 Å². The molecule has 1 fully saturated rings. The van der Waals surface area contributed by atoms with Crippen molar-refractivity contribution in [2.75, 3.05) is 19.6 Å². The van der Waals surface area contributed by atoms with E-state index in [0.29, 0.717) is 5.96 Å².